The number of rotatable bonds is 6. The highest BCUT2D eigenvalue weighted by Gasteiger charge is 2.40. The van der Waals surface area contributed by atoms with E-state index < -0.39 is 11.4 Å². The van der Waals surface area contributed by atoms with Crippen molar-refractivity contribution in [2.75, 3.05) is 7.11 Å². The number of carbonyl (C=O) groups excluding carboxylic acids is 1. The number of benzene rings is 1. The number of aliphatic imine (C=N–C) groups is 1. The first kappa shape index (κ1) is 22.5. The summed E-state index contributed by atoms with van der Waals surface area (Å²) in [5.74, 6) is -0.209. The van der Waals surface area contributed by atoms with E-state index in [1.54, 1.807) is 18.4 Å². The molecule has 2 unspecified atom stereocenters. The minimum Gasteiger partial charge on any atom is -0.504 e. The van der Waals surface area contributed by atoms with Crippen LogP contribution in [-0.2, 0) is 4.79 Å². The van der Waals surface area contributed by atoms with Gasteiger partial charge in [-0.2, -0.15) is 0 Å². The monoisotopic (exact) mass is 414 g/mol. The minimum atomic E-state index is -0.805. The maximum atomic E-state index is 11.3. The molecule has 3 N–H and O–H groups in total. The Labute approximate surface area is 176 Å². The molecular formula is C23H27ClN2O3. The van der Waals surface area contributed by atoms with Crippen LogP contribution in [0.5, 0.6) is 11.5 Å². The summed E-state index contributed by atoms with van der Waals surface area (Å²) in [4.78, 5) is 16.2. The second-order valence-electron chi connectivity index (χ2n) is 7.15. The zero-order chi connectivity index (χ0) is 21.8. The Morgan fingerprint density at radius 1 is 1.45 bits per heavy atom. The summed E-state index contributed by atoms with van der Waals surface area (Å²) >= 11 is 6.15. The van der Waals surface area contributed by atoms with Crippen LogP contribution in [0.2, 0.25) is 5.02 Å². The largest absolute Gasteiger partial charge is 0.504 e. The van der Waals surface area contributed by atoms with Crippen molar-refractivity contribution in [3.63, 3.8) is 0 Å². The van der Waals surface area contributed by atoms with Crippen molar-refractivity contribution < 1.29 is 14.6 Å². The molecule has 1 aliphatic carbocycles. The van der Waals surface area contributed by atoms with Crippen molar-refractivity contribution in [2.24, 2.45) is 16.6 Å². The van der Waals surface area contributed by atoms with Crippen molar-refractivity contribution in [3.8, 4) is 11.5 Å². The average molecular weight is 415 g/mol. The quantitative estimate of drug-likeness (QED) is 0.305. The van der Waals surface area contributed by atoms with Gasteiger partial charge in [0, 0.05) is 35.4 Å². The summed E-state index contributed by atoms with van der Waals surface area (Å²) in [6, 6.07) is 3.15. The molecule has 0 bridgehead atoms. The number of aromatic hydroxyl groups is 1. The molecule has 0 aromatic heterocycles. The lowest BCUT2D eigenvalue weighted by molar-refractivity contribution is -0.113. The zero-order valence-corrected chi connectivity index (χ0v) is 18.0. The molecule has 29 heavy (non-hydrogen) atoms. The second kappa shape index (κ2) is 9.14. The summed E-state index contributed by atoms with van der Waals surface area (Å²) in [6.45, 7) is 10.3. The zero-order valence-electron chi connectivity index (χ0n) is 17.2. The first-order valence-corrected chi connectivity index (χ1v) is 9.65. The van der Waals surface area contributed by atoms with Crippen LogP contribution in [0.15, 0.2) is 64.7 Å². The van der Waals surface area contributed by atoms with Gasteiger partial charge < -0.3 is 15.6 Å². The van der Waals surface area contributed by atoms with Crippen LogP contribution in [0, 0.1) is 5.92 Å². The number of phenols is 1. The predicted molar refractivity (Wildman–Crippen MR) is 119 cm³/mol. The molecule has 0 saturated carbocycles. The number of nitrogens with zero attached hydrogens (tertiary/aromatic N) is 1. The lowest BCUT2D eigenvalue weighted by atomic mass is 9.69. The molecule has 154 valence electrons. The highest BCUT2D eigenvalue weighted by atomic mass is 35.5. The van der Waals surface area contributed by atoms with E-state index in [1.165, 1.54) is 19.3 Å². The number of hydrogen-bond acceptors (Lipinski definition) is 4. The molecule has 2 atom stereocenters. The Morgan fingerprint density at radius 2 is 2.14 bits per heavy atom. The Kier molecular flexibility index (Phi) is 7.09. The Morgan fingerprint density at radius 3 is 2.72 bits per heavy atom. The molecule has 0 saturated heterocycles. The van der Waals surface area contributed by atoms with Crippen molar-refractivity contribution in [3.05, 3.63) is 70.3 Å². The molecule has 5 nitrogen and oxygen atoms in total. The maximum Gasteiger partial charge on any atom is 0.241 e. The van der Waals surface area contributed by atoms with Gasteiger partial charge in [0.15, 0.2) is 11.5 Å². The normalized spacial score (nSPS) is 23.6. The second-order valence-corrected chi connectivity index (χ2v) is 7.58. The van der Waals surface area contributed by atoms with Gasteiger partial charge in [-0.15, -0.1) is 0 Å². The molecule has 1 aromatic carbocycles. The number of methoxy groups -OCH3 is 1. The highest BCUT2D eigenvalue weighted by Crippen LogP contribution is 2.44. The molecule has 1 aromatic rings. The SMILES string of the molecule is C=C(/C=C\C(N)=O)C1(N=Cc2cc(Cl)cc(OC)c2O)CC(C)=CC(C)/C1=C\C. The van der Waals surface area contributed by atoms with E-state index in [1.807, 2.05) is 19.9 Å². The average Bonchev–Trinajstić information content (AvgIpc) is 2.65. The van der Waals surface area contributed by atoms with Crippen LogP contribution >= 0.6 is 11.6 Å². The Bertz CT molecular complexity index is 944. The number of phenolic OH excluding ortho intramolecular Hbond substituents is 1. The first-order valence-electron chi connectivity index (χ1n) is 9.27. The van der Waals surface area contributed by atoms with Crippen molar-refractivity contribution in [1.29, 1.82) is 0 Å². The molecule has 0 heterocycles. The third-order valence-corrected chi connectivity index (χ3v) is 5.26. The van der Waals surface area contributed by atoms with E-state index in [9.17, 15) is 9.90 Å². The number of nitrogens with two attached hydrogens (primary N) is 1. The summed E-state index contributed by atoms with van der Waals surface area (Å²) in [6.07, 6.45) is 9.26. The smallest absolute Gasteiger partial charge is 0.241 e. The van der Waals surface area contributed by atoms with E-state index in [4.69, 9.17) is 27.1 Å². The lowest BCUT2D eigenvalue weighted by Gasteiger charge is -2.40. The number of halogens is 1. The fourth-order valence-electron chi connectivity index (χ4n) is 3.81. The summed E-state index contributed by atoms with van der Waals surface area (Å²) in [5, 5.41) is 10.9. The van der Waals surface area contributed by atoms with E-state index in [0.717, 1.165) is 11.1 Å². The predicted octanol–water partition coefficient (Wildman–Crippen LogP) is 4.74. The van der Waals surface area contributed by atoms with Gasteiger partial charge in [0.25, 0.3) is 0 Å². The van der Waals surface area contributed by atoms with Crippen LogP contribution in [0.1, 0.15) is 32.8 Å². The molecule has 0 radical (unpaired) electrons. The van der Waals surface area contributed by atoms with Gasteiger partial charge in [-0.1, -0.05) is 48.9 Å². The van der Waals surface area contributed by atoms with Gasteiger partial charge in [0.1, 0.15) is 5.54 Å². The fourth-order valence-corrected chi connectivity index (χ4v) is 4.03. The first-order chi connectivity index (χ1) is 13.6. The fraction of sp³-hybridized carbons (Fsp3) is 0.304. The van der Waals surface area contributed by atoms with Crippen molar-refractivity contribution in [2.45, 2.75) is 32.7 Å². The standard InChI is InChI=1S/C23H27ClN2O3/c1-6-19-15(3)9-14(2)12-23(19,16(4)7-8-21(25)27)26-13-17-10-18(24)11-20(29-5)22(17)28/h6-11,13,15,28H,4,12H2,1-3,5H3,(H2,25,27)/b8-7-,19-6+,26-13?. The highest BCUT2D eigenvalue weighted by molar-refractivity contribution is 6.31. The third kappa shape index (κ3) is 4.80. The lowest BCUT2D eigenvalue weighted by Crippen LogP contribution is -2.37. The van der Waals surface area contributed by atoms with Gasteiger partial charge in [0.05, 0.1) is 7.11 Å². The number of carbonyl (C=O) groups is 1. The summed E-state index contributed by atoms with van der Waals surface area (Å²) < 4.78 is 5.18. The molecule has 2 rings (SSSR count). The van der Waals surface area contributed by atoms with E-state index >= 15 is 0 Å². The number of hydrogen-bond donors (Lipinski definition) is 2. The van der Waals surface area contributed by atoms with Crippen molar-refractivity contribution >= 4 is 23.7 Å². The Hall–Kier alpha value is -2.79. The molecule has 1 amide bonds. The van der Waals surface area contributed by atoms with Gasteiger partial charge in [-0.25, -0.2) is 0 Å². The van der Waals surface area contributed by atoms with E-state index in [2.05, 4.69) is 19.6 Å². The minimum absolute atomic E-state index is 0.0489. The molecule has 0 spiro atoms. The van der Waals surface area contributed by atoms with Gasteiger partial charge in [0.2, 0.25) is 5.91 Å². The maximum absolute atomic E-state index is 11.3. The number of primary amides is 1. The van der Waals surface area contributed by atoms with Gasteiger partial charge in [-0.05, 0) is 37.0 Å². The molecule has 1 aliphatic rings. The van der Waals surface area contributed by atoms with E-state index in [-0.39, 0.29) is 17.4 Å². The molecule has 6 heteroatoms. The summed E-state index contributed by atoms with van der Waals surface area (Å²) in [7, 11) is 1.46. The van der Waals surface area contributed by atoms with Crippen LogP contribution < -0.4 is 10.5 Å². The van der Waals surface area contributed by atoms with Crippen LogP contribution in [0.25, 0.3) is 0 Å². The molecular weight excluding hydrogens is 388 g/mol. The summed E-state index contributed by atoms with van der Waals surface area (Å²) in [5.41, 5.74) is 7.73. The molecule has 0 aliphatic heterocycles. The van der Waals surface area contributed by atoms with Gasteiger partial charge in [-0.3, -0.25) is 9.79 Å². The third-order valence-electron chi connectivity index (χ3n) is 5.04. The number of allylic oxidation sites excluding steroid dienone is 2. The van der Waals surface area contributed by atoms with Crippen LogP contribution in [0.3, 0.4) is 0 Å². The van der Waals surface area contributed by atoms with Crippen LogP contribution in [-0.4, -0.2) is 29.9 Å². The van der Waals surface area contributed by atoms with Crippen molar-refractivity contribution in [1.82, 2.24) is 0 Å². The molecule has 0 fully saturated rings. The Balaban J connectivity index is 2.65. The van der Waals surface area contributed by atoms with E-state index in [0.29, 0.717) is 22.6 Å². The van der Waals surface area contributed by atoms with Crippen LogP contribution in [0.4, 0.5) is 0 Å². The number of ether oxygens (including phenoxy) is 1. The van der Waals surface area contributed by atoms with Gasteiger partial charge >= 0.3 is 0 Å². The topological polar surface area (TPSA) is 84.9 Å². The number of amides is 1.